The third-order valence-corrected chi connectivity index (χ3v) is 4.90. The fraction of sp³-hybridized carbons (Fsp3) is 0.600. The summed E-state index contributed by atoms with van der Waals surface area (Å²) in [5, 5.41) is 3.38. The molecule has 0 aromatic heterocycles. The Morgan fingerprint density at radius 2 is 2.10 bits per heavy atom. The molecule has 2 rings (SSSR count). The number of nitrogens with one attached hydrogen (secondary N) is 1. The van der Waals surface area contributed by atoms with Crippen LogP contribution in [-0.2, 0) is 9.84 Å². The Morgan fingerprint density at radius 3 is 2.80 bits per heavy atom. The number of anilines is 1. The van der Waals surface area contributed by atoms with Gasteiger partial charge in [-0.1, -0.05) is 18.2 Å². The van der Waals surface area contributed by atoms with Gasteiger partial charge in [-0.15, -0.1) is 0 Å². The van der Waals surface area contributed by atoms with Crippen LogP contribution >= 0.6 is 0 Å². The second-order valence-electron chi connectivity index (χ2n) is 5.51. The van der Waals surface area contributed by atoms with E-state index in [1.807, 2.05) is 7.05 Å². The lowest BCUT2D eigenvalue weighted by molar-refractivity contribution is 0.541. The molecule has 1 atom stereocenters. The summed E-state index contributed by atoms with van der Waals surface area (Å²) in [5.41, 5.74) is 2.57. The van der Waals surface area contributed by atoms with Crippen LogP contribution in [0.25, 0.3) is 0 Å². The highest BCUT2D eigenvalue weighted by Crippen LogP contribution is 2.32. The maximum atomic E-state index is 11.3. The van der Waals surface area contributed by atoms with Crippen molar-refractivity contribution >= 4 is 15.5 Å². The Kier molecular flexibility index (Phi) is 5.05. The molecule has 0 amide bonds. The first-order valence-corrected chi connectivity index (χ1v) is 9.26. The van der Waals surface area contributed by atoms with Gasteiger partial charge in [-0.2, -0.15) is 0 Å². The van der Waals surface area contributed by atoms with Crippen molar-refractivity contribution in [3.8, 4) is 0 Å². The minimum atomic E-state index is -2.87. The summed E-state index contributed by atoms with van der Waals surface area (Å²) >= 11 is 0. The first kappa shape index (κ1) is 15.3. The maximum Gasteiger partial charge on any atom is 0.147 e. The van der Waals surface area contributed by atoms with E-state index >= 15 is 0 Å². The molecule has 20 heavy (non-hydrogen) atoms. The average molecular weight is 296 g/mol. The second kappa shape index (κ2) is 6.59. The van der Waals surface area contributed by atoms with Gasteiger partial charge in [-0.05, 0) is 37.9 Å². The number of rotatable bonds is 5. The molecule has 0 fully saturated rings. The minimum absolute atomic E-state index is 0.265. The smallest absolute Gasteiger partial charge is 0.147 e. The molecule has 1 N–H and O–H groups in total. The third-order valence-electron chi connectivity index (χ3n) is 3.87. The summed E-state index contributed by atoms with van der Waals surface area (Å²) in [6, 6.07) is 8.84. The van der Waals surface area contributed by atoms with E-state index in [1.54, 1.807) is 0 Å². The van der Waals surface area contributed by atoms with Gasteiger partial charge in [0.1, 0.15) is 9.84 Å². The Balaban J connectivity index is 2.13. The summed E-state index contributed by atoms with van der Waals surface area (Å²) in [6.45, 7) is 1.81. The van der Waals surface area contributed by atoms with E-state index in [-0.39, 0.29) is 5.75 Å². The van der Waals surface area contributed by atoms with Crippen molar-refractivity contribution in [3.63, 3.8) is 0 Å². The Morgan fingerprint density at radius 1 is 1.35 bits per heavy atom. The Hall–Kier alpha value is -1.07. The van der Waals surface area contributed by atoms with Crippen LogP contribution in [0.3, 0.4) is 0 Å². The van der Waals surface area contributed by atoms with E-state index in [0.717, 1.165) is 25.9 Å². The number of fused-ring (bicyclic) bond motifs is 1. The van der Waals surface area contributed by atoms with Crippen LogP contribution in [0.15, 0.2) is 24.3 Å². The Labute approximate surface area is 122 Å². The molecule has 112 valence electrons. The topological polar surface area (TPSA) is 49.4 Å². The third kappa shape index (κ3) is 3.96. The van der Waals surface area contributed by atoms with E-state index in [4.69, 9.17) is 0 Å². The molecule has 0 radical (unpaired) electrons. The SMILES string of the molecule is CNC1CCCN(CCCS(C)(=O)=O)c2ccccc21. The van der Waals surface area contributed by atoms with Crippen LogP contribution in [0.2, 0.25) is 0 Å². The van der Waals surface area contributed by atoms with E-state index in [9.17, 15) is 8.42 Å². The fourth-order valence-corrected chi connectivity index (χ4v) is 3.54. The molecule has 1 unspecified atom stereocenters. The van der Waals surface area contributed by atoms with Gasteiger partial charge in [0.2, 0.25) is 0 Å². The van der Waals surface area contributed by atoms with Crippen molar-refractivity contribution in [2.75, 3.05) is 37.0 Å². The molecule has 4 nitrogen and oxygen atoms in total. The highest BCUT2D eigenvalue weighted by molar-refractivity contribution is 7.90. The molecule has 1 aromatic rings. The zero-order valence-corrected chi connectivity index (χ0v) is 13.1. The lowest BCUT2D eigenvalue weighted by Crippen LogP contribution is -2.27. The van der Waals surface area contributed by atoms with Gasteiger partial charge in [0.15, 0.2) is 0 Å². The summed E-state index contributed by atoms with van der Waals surface area (Å²) in [4.78, 5) is 2.33. The molecule has 5 heteroatoms. The Bertz CT molecular complexity index is 543. The summed E-state index contributed by atoms with van der Waals surface area (Å²) in [6.07, 6.45) is 4.24. The highest BCUT2D eigenvalue weighted by atomic mass is 32.2. The first-order valence-electron chi connectivity index (χ1n) is 7.20. The first-order chi connectivity index (χ1) is 9.51. The van der Waals surface area contributed by atoms with Crippen LogP contribution in [0, 0.1) is 0 Å². The molecule has 1 heterocycles. The van der Waals surface area contributed by atoms with Crippen molar-refractivity contribution in [1.82, 2.24) is 5.32 Å². The number of nitrogens with zero attached hydrogens (tertiary/aromatic N) is 1. The molecule has 0 bridgehead atoms. The van der Waals surface area contributed by atoms with Gasteiger partial charge in [0, 0.05) is 31.1 Å². The van der Waals surface area contributed by atoms with Gasteiger partial charge in [-0.3, -0.25) is 0 Å². The van der Waals surface area contributed by atoms with Crippen molar-refractivity contribution in [1.29, 1.82) is 0 Å². The second-order valence-corrected chi connectivity index (χ2v) is 7.77. The largest absolute Gasteiger partial charge is 0.371 e. The van der Waals surface area contributed by atoms with Crippen molar-refractivity contribution in [2.24, 2.45) is 0 Å². The summed E-state index contributed by atoms with van der Waals surface area (Å²) in [7, 11) is -0.865. The van der Waals surface area contributed by atoms with E-state index in [0.29, 0.717) is 12.5 Å². The summed E-state index contributed by atoms with van der Waals surface area (Å²) < 4.78 is 22.5. The lowest BCUT2D eigenvalue weighted by atomic mass is 10.0. The van der Waals surface area contributed by atoms with Gasteiger partial charge in [-0.25, -0.2) is 8.42 Å². The van der Waals surface area contributed by atoms with Gasteiger partial charge in [0.25, 0.3) is 0 Å². The van der Waals surface area contributed by atoms with E-state index in [1.165, 1.54) is 17.5 Å². The van der Waals surface area contributed by atoms with Crippen molar-refractivity contribution < 1.29 is 8.42 Å². The highest BCUT2D eigenvalue weighted by Gasteiger charge is 2.21. The molecule has 0 saturated carbocycles. The van der Waals surface area contributed by atoms with Crippen LogP contribution < -0.4 is 10.2 Å². The number of benzene rings is 1. The standard InChI is InChI=1S/C15H24N2O2S/c1-16-14-8-5-10-17(11-6-12-20(2,18)19)15-9-4-3-7-13(14)15/h3-4,7,9,14,16H,5-6,8,10-12H2,1-2H3. The zero-order valence-electron chi connectivity index (χ0n) is 12.3. The molecule has 1 aliphatic rings. The fourth-order valence-electron chi connectivity index (χ4n) is 2.88. The van der Waals surface area contributed by atoms with Crippen LogP contribution in [-0.4, -0.2) is 40.6 Å². The average Bonchev–Trinajstić information content (AvgIpc) is 2.57. The van der Waals surface area contributed by atoms with E-state index in [2.05, 4.69) is 34.5 Å². The normalized spacial score (nSPS) is 19.5. The van der Waals surface area contributed by atoms with Gasteiger partial charge in [0.05, 0.1) is 5.75 Å². The van der Waals surface area contributed by atoms with Gasteiger partial charge < -0.3 is 10.2 Å². The molecule has 1 aliphatic heterocycles. The monoisotopic (exact) mass is 296 g/mol. The lowest BCUT2D eigenvalue weighted by Gasteiger charge is -2.25. The zero-order chi connectivity index (χ0) is 14.6. The number of sulfone groups is 1. The molecule has 0 saturated heterocycles. The van der Waals surface area contributed by atoms with Crippen LogP contribution in [0.1, 0.15) is 30.9 Å². The maximum absolute atomic E-state index is 11.3. The molecule has 1 aromatic carbocycles. The molecular formula is C15H24N2O2S. The predicted molar refractivity (Wildman–Crippen MR) is 84.0 cm³/mol. The van der Waals surface area contributed by atoms with Crippen LogP contribution in [0.4, 0.5) is 5.69 Å². The number of hydrogen-bond donors (Lipinski definition) is 1. The van der Waals surface area contributed by atoms with E-state index < -0.39 is 9.84 Å². The predicted octanol–water partition coefficient (Wildman–Crippen LogP) is 1.98. The minimum Gasteiger partial charge on any atom is -0.371 e. The molecule has 0 spiro atoms. The van der Waals surface area contributed by atoms with Gasteiger partial charge >= 0.3 is 0 Å². The number of para-hydroxylation sites is 1. The summed E-state index contributed by atoms with van der Waals surface area (Å²) in [5.74, 6) is 0.265. The molecule has 0 aliphatic carbocycles. The van der Waals surface area contributed by atoms with Crippen molar-refractivity contribution in [2.45, 2.75) is 25.3 Å². The quantitative estimate of drug-likeness (QED) is 0.902. The van der Waals surface area contributed by atoms with Crippen LogP contribution in [0.5, 0.6) is 0 Å². The number of hydrogen-bond acceptors (Lipinski definition) is 4. The molecular weight excluding hydrogens is 272 g/mol. The van der Waals surface area contributed by atoms with Crippen molar-refractivity contribution in [3.05, 3.63) is 29.8 Å².